The lowest BCUT2D eigenvalue weighted by atomic mass is 9.82. The van der Waals surface area contributed by atoms with E-state index < -0.39 is 0 Å². The van der Waals surface area contributed by atoms with Gasteiger partial charge in [-0.25, -0.2) is 0 Å². The normalized spacial score (nSPS) is 14.1. The third kappa shape index (κ3) is 2.58. The molecule has 0 bridgehead atoms. The molecular formula is C13H21N. The first-order chi connectivity index (χ1) is 6.45. The summed E-state index contributed by atoms with van der Waals surface area (Å²) in [5.41, 5.74) is 2.94. The number of aryl methyl sites for hydroxylation is 1. The Bertz CT molecular complexity index is 279. The van der Waals surface area contributed by atoms with E-state index in [2.05, 4.69) is 57.3 Å². The van der Waals surface area contributed by atoms with Gasteiger partial charge in [-0.2, -0.15) is 0 Å². The predicted octanol–water partition coefficient (Wildman–Crippen LogP) is 3.30. The molecule has 0 aliphatic carbocycles. The highest BCUT2D eigenvalue weighted by Gasteiger charge is 2.24. The zero-order chi connectivity index (χ0) is 10.8. The van der Waals surface area contributed by atoms with E-state index in [0.29, 0.717) is 6.04 Å². The van der Waals surface area contributed by atoms with E-state index in [1.54, 1.807) is 0 Å². The van der Waals surface area contributed by atoms with Gasteiger partial charge in [0.25, 0.3) is 0 Å². The van der Waals surface area contributed by atoms with E-state index >= 15 is 0 Å². The topological polar surface area (TPSA) is 12.0 Å². The fraction of sp³-hybridized carbons (Fsp3) is 0.538. The lowest BCUT2D eigenvalue weighted by Gasteiger charge is -2.30. The fourth-order valence-electron chi connectivity index (χ4n) is 1.86. The van der Waals surface area contributed by atoms with Crippen LogP contribution in [0.2, 0.25) is 0 Å². The highest BCUT2D eigenvalue weighted by atomic mass is 14.9. The minimum Gasteiger partial charge on any atom is -0.313 e. The fourth-order valence-corrected chi connectivity index (χ4v) is 1.86. The van der Waals surface area contributed by atoms with E-state index in [9.17, 15) is 0 Å². The molecule has 1 rings (SSSR count). The average Bonchev–Trinajstić information content (AvgIpc) is 2.07. The Morgan fingerprint density at radius 2 is 1.57 bits per heavy atom. The number of hydrogen-bond donors (Lipinski definition) is 1. The standard InChI is InChI=1S/C13H21N/c1-10-6-8-11(9-7-10)12(14-5)13(2,3)4/h6-9,12,14H,1-5H3/t12-/m1/s1. The zero-order valence-corrected chi connectivity index (χ0v) is 9.89. The number of rotatable bonds is 2. The molecule has 0 heterocycles. The van der Waals surface area contributed by atoms with Crippen LogP contribution in [0.4, 0.5) is 0 Å². The Kier molecular flexibility index (Phi) is 3.33. The van der Waals surface area contributed by atoms with Crippen LogP contribution in [-0.4, -0.2) is 7.05 Å². The largest absolute Gasteiger partial charge is 0.313 e. The third-order valence-corrected chi connectivity index (χ3v) is 2.57. The van der Waals surface area contributed by atoms with Crippen molar-refractivity contribution in [3.63, 3.8) is 0 Å². The average molecular weight is 191 g/mol. The number of benzene rings is 1. The van der Waals surface area contributed by atoms with Crippen LogP contribution in [-0.2, 0) is 0 Å². The van der Waals surface area contributed by atoms with E-state index in [1.807, 2.05) is 7.05 Å². The van der Waals surface area contributed by atoms with Gasteiger partial charge in [0.2, 0.25) is 0 Å². The maximum absolute atomic E-state index is 3.38. The molecule has 1 N–H and O–H groups in total. The molecule has 0 saturated carbocycles. The van der Waals surface area contributed by atoms with Crippen molar-refractivity contribution in [2.75, 3.05) is 7.05 Å². The minimum absolute atomic E-state index is 0.254. The summed E-state index contributed by atoms with van der Waals surface area (Å²) >= 11 is 0. The van der Waals surface area contributed by atoms with E-state index in [4.69, 9.17) is 0 Å². The van der Waals surface area contributed by atoms with Crippen LogP contribution in [0.1, 0.15) is 37.9 Å². The van der Waals surface area contributed by atoms with Crippen LogP contribution in [0.15, 0.2) is 24.3 Å². The maximum Gasteiger partial charge on any atom is 0.0366 e. The summed E-state index contributed by atoms with van der Waals surface area (Å²) in [6.45, 7) is 8.89. The summed E-state index contributed by atoms with van der Waals surface area (Å²) < 4.78 is 0. The van der Waals surface area contributed by atoms with Gasteiger partial charge in [-0.05, 0) is 24.9 Å². The van der Waals surface area contributed by atoms with Crippen molar-refractivity contribution in [3.05, 3.63) is 35.4 Å². The van der Waals surface area contributed by atoms with Gasteiger partial charge in [0.05, 0.1) is 0 Å². The Morgan fingerprint density at radius 3 is 1.93 bits per heavy atom. The Morgan fingerprint density at radius 1 is 1.07 bits per heavy atom. The molecule has 0 aromatic heterocycles. The summed E-state index contributed by atoms with van der Waals surface area (Å²) in [6.07, 6.45) is 0. The van der Waals surface area contributed by atoms with Gasteiger partial charge in [0, 0.05) is 6.04 Å². The van der Waals surface area contributed by atoms with Crippen LogP contribution in [0.5, 0.6) is 0 Å². The lowest BCUT2D eigenvalue weighted by molar-refractivity contribution is 0.287. The molecule has 0 radical (unpaired) electrons. The molecule has 0 amide bonds. The van der Waals surface area contributed by atoms with Gasteiger partial charge in [0.15, 0.2) is 0 Å². The van der Waals surface area contributed by atoms with Crippen molar-refractivity contribution in [2.24, 2.45) is 5.41 Å². The quantitative estimate of drug-likeness (QED) is 0.756. The van der Waals surface area contributed by atoms with Gasteiger partial charge < -0.3 is 5.32 Å². The van der Waals surface area contributed by atoms with Gasteiger partial charge in [0.1, 0.15) is 0 Å². The molecule has 0 aliphatic rings. The van der Waals surface area contributed by atoms with Crippen LogP contribution in [0, 0.1) is 12.3 Å². The monoisotopic (exact) mass is 191 g/mol. The van der Waals surface area contributed by atoms with Crippen molar-refractivity contribution >= 4 is 0 Å². The molecule has 78 valence electrons. The molecule has 0 aliphatic heterocycles. The van der Waals surface area contributed by atoms with E-state index in [-0.39, 0.29) is 5.41 Å². The summed E-state index contributed by atoms with van der Waals surface area (Å²) in [5, 5.41) is 3.38. The first kappa shape index (κ1) is 11.3. The molecule has 1 aromatic rings. The molecule has 1 atom stereocenters. The summed E-state index contributed by atoms with van der Waals surface area (Å²) in [4.78, 5) is 0. The highest BCUT2D eigenvalue weighted by Crippen LogP contribution is 2.32. The van der Waals surface area contributed by atoms with Crippen molar-refractivity contribution in [3.8, 4) is 0 Å². The lowest BCUT2D eigenvalue weighted by Crippen LogP contribution is -2.29. The molecular weight excluding hydrogens is 170 g/mol. The van der Waals surface area contributed by atoms with Crippen LogP contribution in [0.25, 0.3) is 0 Å². The van der Waals surface area contributed by atoms with E-state index in [0.717, 1.165) is 0 Å². The Labute approximate surface area is 87.5 Å². The van der Waals surface area contributed by atoms with Gasteiger partial charge in [-0.15, -0.1) is 0 Å². The van der Waals surface area contributed by atoms with Crippen LogP contribution < -0.4 is 5.32 Å². The molecule has 0 saturated heterocycles. The van der Waals surface area contributed by atoms with Crippen molar-refractivity contribution < 1.29 is 0 Å². The van der Waals surface area contributed by atoms with Crippen molar-refractivity contribution in [2.45, 2.75) is 33.7 Å². The molecule has 14 heavy (non-hydrogen) atoms. The number of nitrogens with one attached hydrogen (secondary N) is 1. The molecule has 0 fully saturated rings. The first-order valence-corrected chi connectivity index (χ1v) is 5.19. The van der Waals surface area contributed by atoms with Gasteiger partial charge >= 0.3 is 0 Å². The second kappa shape index (κ2) is 4.14. The SMILES string of the molecule is CN[C@H](c1ccc(C)cc1)C(C)(C)C. The van der Waals surface area contributed by atoms with Crippen LogP contribution >= 0.6 is 0 Å². The second-order valence-corrected chi connectivity index (χ2v) is 5.00. The van der Waals surface area contributed by atoms with Crippen LogP contribution in [0.3, 0.4) is 0 Å². The Balaban J connectivity index is 2.96. The molecule has 0 unspecified atom stereocenters. The molecule has 1 aromatic carbocycles. The summed E-state index contributed by atoms with van der Waals surface area (Å²) in [7, 11) is 2.02. The molecule has 1 nitrogen and oxygen atoms in total. The summed E-state index contributed by atoms with van der Waals surface area (Å²) in [6, 6.07) is 9.18. The van der Waals surface area contributed by atoms with E-state index in [1.165, 1.54) is 11.1 Å². The van der Waals surface area contributed by atoms with Gasteiger partial charge in [-0.3, -0.25) is 0 Å². The minimum atomic E-state index is 0.254. The van der Waals surface area contributed by atoms with Gasteiger partial charge in [-0.1, -0.05) is 50.6 Å². The predicted molar refractivity (Wildman–Crippen MR) is 62.4 cm³/mol. The maximum atomic E-state index is 3.38. The molecule has 1 heteroatoms. The second-order valence-electron chi connectivity index (χ2n) is 5.00. The zero-order valence-electron chi connectivity index (χ0n) is 9.89. The molecule has 0 spiro atoms. The summed E-state index contributed by atoms with van der Waals surface area (Å²) in [5.74, 6) is 0. The Hall–Kier alpha value is -0.820. The van der Waals surface area contributed by atoms with Crippen molar-refractivity contribution in [1.82, 2.24) is 5.32 Å². The number of hydrogen-bond acceptors (Lipinski definition) is 1. The van der Waals surface area contributed by atoms with Crippen molar-refractivity contribution in [1.29, 1.82) is 0 Å². The third-order valence-electron chi connectivity index (χ3n) is 2.57. The smallest absolute Gasteiger partial charge is 0.0366 e. The first-order valence-electron chi connectivity index (χ1n) is 5.19. The highest BCUT2D eigenvalue weighted by molar-refractivity contribution is 5.25.